The molecule has 0 spiro atoms. The van der Waals surface area contributed by atoms with Crippen LogP contribution in [-0.2, 0) is 6.42 Å². The second kappa shape index (κ2) is 11.8. The predicted octanol–water partition coefficient (Wildman–Crippen LogP) is 8.44. The van der Waals surface area contributed by atoms with Gasteiger partial charge in [0.1, 0.15) is 0 Å². The monoisotopic (exact) mass is 393 g/mol. The number of hydrogen-bond donors (Lipinski definition) is 0. The van der Waals surface area contributed by atoms with E-state index in [2.05, 4.69) is 44.2 Å². The summed E-state index contributed by atoms with van der Waals surface area (Å²) in [6, 6.07) is 12.2. The molecule has 29 heavy (non-hydrogen) atoms. The Morgan fingerprint density at radius 3 is 2.10 bits per heavy atom. The smallest absolute Gasteiger partial charge is 0.0658 e. The molecule has 1 atom stereocenters. The van der Waals surface area contributed by atoms with Crippen molar-refractivity contribution in [3.63, 3.8) is 0 Å². The molecule has 1 aromatic carbocycles. The molecule has 2 aliphatic rings. The number of benzene rings is 1. The molecular formula is C28H43N. The topological polar surface area (TPSA) is 23.8 Å². The SMILES string of the molecule is CCCCC1CCC(C(C#N)CC2CCC(c3ccc(CCC)cc3)CC2)CC1. The van der Waals surface area contributed by atoms with Crippen LogP contribution >= 0.6 is 0 Å². The van der Waals surface area contributed by atoms with Gasteiger partial charge >= 0.3 is 0 Å². The van der Waals surface area contributed by atoms with E-state index in [4.69, 9.17) is 0 Å². The number of nitrogens with zero attached hydrogens (tertiary/aromatic N) is 1. The molecule has 0 bridgehead atoms. The highest BCUT2D eigenvalue weighted by Gasteiger charge is 2.31. The summed E-state index contributed by atoms with van der Waals surface area (Å²) in [5.41, 5.74) is 3.02. The molecule has 1 nitrogen and oxygen atoms in total. The zero-order chi connectivity index (χ0) is 20.5. The van der Waals surface area contributed by atoms with E-state index in [1.54, 1.807) is 5.56 Å². The lowest BCUT2D eigenvalue weighted by molar-refractivity contribution is 0.188. The van der Waals surface area contributed by atoms with E-state index in [1.165, 1.54) is 95.5 Å². The van der Waals surface area contributed by atoms with E-state index in [-0.39, 0.29) is 0 Å². The first-order valence-electron chi connectivity index (χ1n) is 12.7. The van der Waals surface area contributed by atoms with Gasteiger partial charge < -0.3 is 0 Å². The van der Waals surface area contributed by atoms with Crippen LogP contribution in [0.5, 0.6) is 0 Å². The number of nitriles is 1. The van der Waals surface area contributed by atoms with Crippen LogP contribution in [0.1, 0.15) is 114 Å². The molecule has 2 saturated carbocycles. The van der Waals surface area contributed by atoms with E-state index < -0.39 is 0 Å². The second-order valence-corrected chi connectivity index (χ2v) is 10.1. The van der Waals surface area contributed by atoms with Crippen molar-refractivity contribution < 1.29 is 0 Å². The lowest BCUT2D eigenvalue weighted by atomic mass is 9.70. The van der Waals surface area contributed by atoms with Crippen LogP contribution in [0.4, 0.5) is 0 Å². The largest absolute Gasteiger partial charge is 0.198 e. The fourth-order valence-electron chi connectivity index (χ4n) is 6.06. The zero-order valence-electron chi connectivity index (χ0n) is 19.0. The first kappa shape index (κ1) is 22.4. The van der Waals surface area contributed by atoms with Crippen molar-refractivity contribution in [1.82, 2.24) is 0 Å². The molecule has 0 radical (unpaired) electrons. The van der Waals surface area contributed by atoms with Crippen LogP contribution in [0.15, 0.2) is 24.3 Å². The maximum absolute atomic E-state index is 9.87. The van der Waals surface area contributed by atoms with Gasteiger partial charge in [-0.25, -0.2) is 0 Å². The van der Waals surface area contributed by atoms with E-state index in [0.717, 1.165) is 17.8 Å². The highest BCUT2D eigenvalue weighted by atomic mass is 14.4. The van der Waals surface area contributed by atoms with Crippen LogP contribution in [0.25, 0.3) is 0 Å². The average Bonchev–Trinajstić information content (AvgIpc) is 2.78. The van der Waals surface area contributed by atoms with Crippen molar-refractivity contribution in [2.75, 3.05) is 0 Å². The molecule has 1 unspecified atom stereocenters. The van der Waals surface area contributed by atoms with E-state index in [0.29, 0.717) is 11.8 Å². The maximum Gasteiger partial charge on any atom is 0.0658 e. The summed E-state index contributed by atoms with van der Waals surface area (Å²) in [5, 5.41) is 9.87. The average molecular weight is 394 g/mol. The quantitative estimate of drug-likeness (QED) is 0.413. The van der Waals surface area contributed by atoms with Gasteiger partial charge in [0.05, 0.1) is 6.07 Å². The molecule has 1 aromatic rings. The first-order valence-corrected chi connectivity index (χ1v) is 12.7. The summed E-state index contributed by atoms with van der Waals surface area (Å²) in [7, 11) is 0. The molecule has 1 heteroatoms. The first-order chi connectivity index (χ1) is 14.2. The number of hydrogen-bond acceptors (Lipinski definition) is 1. The second-order valence-electron chi connectivity index (χ2n) is 10.1. The molecule has 0 aliphatic heterocycles. The normalized spacial score (nSPS) is 28.6. The predicted molar refractivity (Wildman–Crippen MR) is 124 cm³/mol. The Bertz CT molecular complexity index is 609. The molecule has 2 fully saturated rings. The van der Waals surface area contributed by atoms with Gasteiger partial charge in [-0.2, -0.15) is 5.26 Å². The molecule has 0 amide bonds. The molecule has 3 rings (SSSR count). The van der Waals surface area contributed by atoms with Crippen molar-refractivity contribution in [2.24, 2.45) is 23.7 Å². The molecule has 160 valence electrons. The molecular weight excluding hydrogens is 350 g/mol. The van der Waals surface area contributed by atoms with Gasteiger partial charge in [-0.05, 0) is 86.2 Å². The zero-order valence-corrected chi connectivity index (χ0v) is 19.0. The Morgan fingerprint density at radius 2 is 1.52 bits per heavy atom. The van der Waals surface area contributed by atoms with Crippen LogP contribution in [0.3, 0.4) is 0 Å². The van der Waals surface area contributed by atoms with Crippen molar-refractivity contribution in [2.45, 2.75) is 110 Å². The fourth-order valence-corrected chi connectivity index (χ4v) is 6.06. The summed E-state index contributed by atoms with van der Waals surface area (Å²) < 4.78 is 0. The van der Waals surface area contributed by atoms with Crippen LogP contribution < -0.4 is 0 Å². The third kappa shape index (κ3) is 6.60. The van der Waals surface area contributed by atoms with Crippen LogP contribution in [-0.4, -0.2) is 0 Å². The van der Waals surface area contributed by atoms with Gasteiger partial charge in [0.2, 0.25) is 0 Å². The van der Waals surface area contributed by atoms with Gasteiger partial charge in [0, 0.05) is 5.92 Å². The third-order valence-electron chi connectivity index (χ3n) is 8.02. The number of rotatable bonds is 9. The highest BCUT2D eigenvalue weighted by Crippen LogP contribution is 2.42. The van der Waals surface area contributed by atoms with Gasteiger partial charge in [0.25, 0.3) is 0 Å². The Kier molecular flexibility index (Phi) is 9.10. The Balaban J connectivity index is 1.43. The Morgan fingerprint density at radius 1 is 0.862 bits per heavy atom. The van der Waals surface area contributed by atoms with Gasteiger partial charge in [-0.15, -0.1) is 0 Å². The number of unbranched alkanes of at least 4 members (excludes halogenated alkanes) is 1. The minimum atomic E-state index is 0.317. The maximum atomic E-state index is 9.87. The van der Waals surface area contributed by atoms with Crippen molar-refractivity contribution in [3.8, 4) is 6.07 Å². The van der Waals surface area contributed by atoms with Gasteiger partial charge in [0.15, 0.2) is 0 Å². The summed E-state index contributed by atoms with van der Waals surface area (Å²) in [4.78, 5) is 0. The molecule has 0 heterocycles. The van der Waals surface area contributed by atoms with E-state index in [1.807, 2.05) is 0 Å². The number of aryl methyl sites for hydroxylation is 1. The van der Waals surface area contributed by atoms with Crippen molar-refractivity contribution >= 4 is 0 Å². The third-order valence-corrected chi connectivity index (χ3v) is 8.02. The van der Waals surface area contributed by atoms with E-state index in [9.17, 15) is 5.26 Å². The summed E-state index contributed by atoms with van der Waals surface area (Å²) in [5.74, 6) is 3.48. The lowest BCUT2D eigenvalue weighted by Gasteiger charge is -2.34. The minimum Gasteiger partial charge on any atom is -0.198 e. The Hall–Kier alpha value is -1.29. The van der Waals surface area contributed by atoms with Crippen LogP contribution in [0.2, 0.25) is 0 Å². The van der Waals surface area contributed by atoms with Crippen LogP contribution in [0, 0.1) is 35.0 Å². The van der Waals surface area contributed by atoms with Crippen molar-refractivity contribution in [3.05, 3.63) is 35.4 Å². The standard InChI is InChI=1S/C28H43N/c1-3-5-7-23-10-16-27(17-11-23)28(21-29)20-24-12-18-26(19-13-24)25-14-8-22(6-4-2)9-15-25/h8-9,14-15,23-24,26-28H,3-7,10-13,16-20H2,1-2H3. The van der Waals surface area contributed by atoms with E-state index >= 15 is 0 Å². The summed E-state index contributed by atoms with van der Waals surface area (Å²) in [6.07, 6.45) is 18.4. The summed E-state index contributed by atoms with van der Waals surface area (Å²) >= 11 is 0. The van der Waals surface area contributed by atoms with Gasteiger partial charge in [-0.3, -0.25) is 0 Å². The van der Waals surface area contributed by atoms with Gasteiger partial charge in [-0.1, -0.05) is 76.6 Å². The summed E-state index contributed by atoms with van der Waals surface area (Å²) in [6.45, 7) is 4.55. The highest BCUT2D eigenvalue weighted by molar-refractivity contribution is 5.26. The lowest BCUT2D eigenvalue weighted by Crippen LogP contribution is -2.24. The molecule has 0 aromatic heterocycles. The molecule has 2 aliphatic carbocycles. The fraction of sp³-hybridized carbons (Fsp3) is 0.750. The van der Waals surface area contributed by atoms with Crippen molar-refractivity contribution in [1.29, 1.82) is 5.26 Å². The Labute approximate surface area is 180 Å². The molecule has 0 N–H and O–H groups in total. The minimum absolute atomic E-state index is 0.317. The molecule has 0 saturated heterocycles.